The second kappa shape index (κ2) is 7.82. The summed E-state index contributed by atoms with van der Waals surface area (Å²) < 4.78 is 24.4. The Hall–Kier alpha value is -2.15. The first-order chi connectivity index (χ1) is 11.7. The van der Waals surface area contributed by atoms with E-state index in [0.717, 1.165) is 0 Å². The predicted octanol–water partition coefficient (Wildman–Crippen LogP) is 2.59. The number of carbonyl (C=O) groups excluding carboxylic acids is 2. The molecule has 138 valence electrons. The monoisotopic (exact) mass is 352 g/mol. The summed E-state index contributed by atoms with van der Waals surface area (Å²) in [5, 5.41) is 0. The van der Waals surface area contributed by atoms with Gasteiger partial charge in [0.1, 0.15) is 17.5 Å². The van der Waals surface area contributed by atoms with Crippen LogP contribution in [0.2, 0.25) is 0 Å². The second-order valence-corrected chi connectivity index (χ2v) is 6.95. The molecule has 0 aromatic heterocycles. The van der Waals surface area contributed by atoms with Crippen molar-refractivity contribution in [1.29, 1.82) is 0 Å². The summed E-state index contributed by atoms with van der Waals surface area (Å²) in [5.74, 6) is -0.969. The van der Waals surface area contributed by atoms with Crippen molar-refractivity contribution in [2.24, 2.45) is 0 Å². The van der Waals surface area contributed by atoms with E-state index in [0.29, 0.717) is 26.2 Å². The van der Waals surface area contributed by atoms with Crippen molar-refractivity contribution in [3.05, 3.63) is 35.6 Å². The van der Waals surface area contributed by atoms with Gasteiger partial charge in [-0.25, -0.2) is 14.0 Å². The van der Waals surface area contributed by atoms with Gasteiger partial charge < -0.3 is 14.4 Å². The van der Waals surface area contributed by atoms with E-state index in [1.807, 2.05) is 25.7 Å². The van der Waals surface area contributed by atoms with E-state index in [4.69, 9.17) is 9.47 Å². The summed E-state index contributed by atoms with van der Waals surface area (Å²) in [6.45, 7) is 7.08. The number of esters is 1. The highest BCUT2D eigenvalue weighted by atomic mass is 19.1. The van der Waals surface area contributed by atoms with Crippen LogP contribution in [-0.2, 0) is 14.3 Å². The number of methoxy groups -OCH3 is 1. The topological polar surface area (TPSA) is 59.1 Å². The molecule has 0 spiro atoms. The summed E-state index contributed by atoms with van der Waals surface area (Å²) >= 11 is 0. The van der Waals surface area contributed by atoms with Crippen LogP contribution >= 0.6 is 0 Å². The largest absolute Gasteiger partial charge is 0.468 e. The molecular formula is C18H25FN2O4. The fourth-order valence-electron chi connectivity index (χ4n) is 2.77. The first kappa shape index (κ1) is 19.2. The molecule has 1 aromatic rings. The average Bonchev–Trinajstić information content (AvgIpc) is 2.55. The molecule has 25 heavy (non-hydrogen) atoms. The molecule has 1 aliphatic heterocycles. The molecular weight excluding hydrogens is 327 g/mol. The lowest BCUT2D eigenvalue weighted by molar-refractivity contribution is -0.148. The van der Waals surface area contributed by atoms with Crippen LogP contribution in [0.3, 0.4) is 0 Å². The van der Waals surface area contributed by atoms with Gasteiger partial charge in [0.2, 0.25) is 0 Å². The van der Waals surface area contributed by atoms with Crippen LogP contribution in [-0.4, -0.2) is 60.8 Å². The Kier molecular flexibility index (Phi) is 6.00. The summed E-state index contributed by atoms with van der Waals surface area (Å²) in [6, 6.07) is 5.34. The number of nitrogens with zero attached hydrogens (tertiary/aromatic N) is 2. The Morgan fingerprint density at radius 1 is 1.12 bits per heavy atom. The highest BCUT2D eigenvalue weighted by molar-refractivity contribution is 5.77. The lowest BCUT2D eigenvalue weighted by Crippen LogP contribution is -2.52. The molecule has 6 nitrogen and oxygen atoms in total. The first-order valence-corrected chi connectivity index (χ1v) is 8.27. The Bertz CT molecular complexity index is 622. The number of rotatable bonds is 3. The number of hydrogen-bond donors (Lipinski definition) is 0. The molecule has 7 heteroatoms. The minimum atomic E-state index is -0.827. The van der Waals surface area contributed by atoms with Crippen molar-refractivity contribution in [1.82, 2.24) is 9.80 Å². The lowest BCUT2D eigenvalue weighted by Gasteiger charge is -2.38. The van der Waals surface area contributed by atoms with E-state index >= 15 is 0 Å². The zero-order valence-corrected chi connectivity index (χ0v) is 15.1. The van der Waals surface area contributed by atoms with Crippen molar-refractivity contribution in [3.63, 3.8) is 0 Å². The molecule has 1 heterocycles. The van der Waals surface area contributed by atoms with E-state index < -0.39 is 23.4 Å². The van der Waals surface area contributed by atoms with Gasteiger partial charge in [0.15, 0.2) is 0 Å². The quantitative estimate of drug-likeness (QED) is 0.783. The zero-order chi connectivity index (χ0) is 18.6. The van der Waals surface area contributed by atoms with Crippen molar-refractivity contribution in [3.8, 4) is 0 Å². The van der Waals surface area contributed by atoms with Crippen molar-refractivity contribution in [2.75, 3.05) is 33.3 Å². The minimum Gasteiger partial charge on any atom is -0.468 e. The van der Waals surface area contributed by atoms with Crippen molar-refractivity contribution >= 4 is 12.1 Å². The van der Waals surface area contributed by atoms with Gasteiger partial charge in [-0.05, 0) is 26.8 Å². The van der Waals surface area contributed by atoms with Gasteiger partial charge in [0.25, 0.3) is 0 Å². The van der Waals surface area contributed by atoms with Crippen LogP contribution in [0.4, 0.5) is 9.18 Å². The van der Waals surface area contributed by atoms with Gasteiger partial charge in [0.05, 0.1) is 7.11 Å². The predicted molar refractivity (Wildman–Crippen MR) is 90.5 cm³/mol. The molecule has 1 atom stereocenters. The molecule has 0 bridgehead atoms. The normalized spacial score (nSPS) is 17.1. The van der Waals surface area contributed by atoms with E-state index in [-0.39, 0.29) is 11.7 Å². The Morgan fingerprint density at radius 3 is 2.24 bits per heavy atom. The third-order valence-electron chi connectivity index (χ3n) is 3.96. The maximum Gasteiger partial charge on any atom is 0.410 e. The van der Waals surface area contributed by atoms with E-state index in [2.05, 4.69) is 0 Å². The lowest BCUT2D eigenvalue weighted by atomic mass is 10.0. The number of ether oxygens (including phenoxy) is 2. The SMILES string of the molecule is COC(=O)C(c1ccccc1F)N1CCN(C(=O)OC(C)(C)C)CC1. The Balaban J connectivity index is 2.09. The Morgan fingerprint density at radius 2 is 1.72 bits per heavy atom. The summed E-state index contributed by atoms with van der Waals surface area (Å²) in [4.78, 5) is 27.8. The number of halogens is 1. The van der Waals surface area contributed by atoms with E-state index in [1.165, 1.54) is 13.2 Å². The van der Waals surface area contributed by atoms with Crippen LogP contribution < -0.4 is 0 Å². The zero-order valence-electron chi connectivity index (χ0n) is 15.1. The van der Waals surface area contributed by atoms with Gasteiger partial charge in [0, 0.05) is 31.7 Å². The van der Waals surface area contributed by atoms with Crippen molar-refractivity contribution < 1.29 is 23.5 Å². The number of piperazine rings is 1. The second-order valence-electron chi connectivity index (χ2n) is 6.95. The van der Waals surface area contributed by atoms with Crippen LogP contribution in [0.1, 0.15) is 32.4 Å². The molecule has 0 saturated carbocycles. The highest BCUT2D eigenvalue weighted by Gasteiger charge is 2.34. The van der Waals surface area contributed by atoms with Gasteiger partial charge >= 0.3 is 12.1 Å². The van der Waals surface area contributed by atoms with Gasteiger partial charge in [-0.2, -0.15) is 0 Å². The Labute approximate surface area is 147 Å². The van der Waals surface area contributed by atoms with E-state index in [9.17, 15) is 14.0 Å². The molecule has 1 saturated heterocycles. The number of hydrogen-bond acceptors (Lipinski definition) is 5. The van der Waals surface area contributed by atoms with Crippen molar-refractivity contribution in [2.45, 2.75) is 32.4 Å². The molecule has 0 N–H and O–H groups in total. The van der Waals surface area contributed by atoms with Gasteiger partial charge in [-0.3, -0.25) is 4.90 Å². The van der Waals surface area contributed by atoms with Crippen LogP contribution in [0.25, 0.3) is 0 Å². The minimum absolute atomic E-state index is 0.278. The molecule has 1 aliphatic rings. The molecule has 1 unspecified atom stereocenters. The molecule has 0 aliphatic carbocycles. The van der Waals surface area contributed by atoms with Crippen LogP contribution in [0.5, 0.6) is 0 Å². The highest BCUT2D eigenvalue weighted by Crippen LogP contribution is 2.26. The molecule has 1 amide bonds. The van der Waals surface area contributed by atoms with Crippen LogP contribution in [0, 0.1) is 5.82 Å². The van der Waals surface area contributed by atoms with E-state index in [1.54, 1.807) is 23.1 Å². The number of amides is 1. The fourth-order valence-corrected chi connectivity index (χ4v) is 2.77. The third-order valence-corrected chi connectivity index (χ3v) is 3.96. The summed E-state index contributed by atoms with van der Waals surface area (Å²) in [7, 11) is 1.28. The molecule has 2 rings (SSSR count). The first-order valence-electron chi connectivity index (χ1n) is 8.27. The summed E-state index contributed by atoms with van der Waals surface area (Å²) in [5.41, 5.74) is -0.282. The smallest absolute Gasteiger partial charge is 0.410 e. The maximum absolute atomic E-state index is 14.2. The maximum atomic E-state index is 14.2. The molecule has 1 fully saturated rings. The summed E-state index contributed by atoms with van der Waals surface area (Å²) in [6.07, 6.45) is -0.382. The van der Waals surface area contributed by atoms with Gasteiger partial charge in [-0.15, -0.1) is 0 Å². The fraction of sp³-hybridized carbons (Fsp3) is 0.556. The van der Waals surface area contributed by atoms with Crippen LogP contribution in [0.15, 0.2) is 24.3 Å². The molecule has 0 radical (unpaired) electrons. The number of carbonyl (C=O) groups is 2. The molecule has 1 aromatic carbocycles. The average molecular weight is 352 g/mol. The van der Waals surface area contributed by atoms with Gasteiger partial charge in [-0.1, -0.05) is 18.2 Å². The standard InChI is InChI=1S/C18H25FN2O4/c1-18(2,3)25-17(23)21-11-9-20(10-12-21)15(16(22)24-4)13-7-5-6-8-14(13)19/h5-8,15H,9-12H2,1-4H3. The number of benzene rings is 1. The third kappa shape index (κ3) is 4.92.